The van der Waals surface area contributed by atoms with E-state index in [1.807, 2.05) is 30.3 Å². The Balaban J connectivity index is 1.84. The molecule has 0 fully saturated rings. The number of ether oxygens (including phenoxy) is 1. The summed E-state index contributed by atoms with van der Waals surface area (Å²) in [5.74, 6) is 1.86. The molecule has 1 nitrogen and oxygen atoms in total. The number of rotatable bonds is 2. The molecule has 0 atom stereocenters. The van der Waals surface area contributed by atoms with Gasteiger partial charge in [-0.3, -0.25) is 0 Å². The Morgan fingerprint density at radius 1 is 0.706 bits per heavy atom. The average molecular weight is 224 g/mol. The van der Waals surface area contributed by atoms with E-state index in [1.54, 1.807) is 0 Å². The largest absolute Gasteiger partial charge is 0.457 e. The third-order valence-electron chi connectivity index (χ3n) is 3.30. The van der Waals surface area contributed by atoms with Crippen molar-refractivity contribution in [2.24, 2.45) is 0 Å². The zero-order valence-electron chi connectivity index (χ0n) is 9.86. The number of hydrogen-bond acceptors (Lipinski definition) is 1. The van der Waals surface area contributed by atoms with Gasteiger partial charge in [0.05, 0.1) is 0 Å². The quantitative estimate of drug-likeness (QED) is 0.736. The SMILES string of the molecule is c1ccc(Oc2ccc3c(c2)CCCC3)cc1. The van der Waals surface area contributed by atoms with E-state index in [0.717, 1.165) is 11.5 Å². The van der Waals surface area contributed by atoms with E-state index in [-0.39, 0.29) is 0 Å². The van der Waals surface area contributed by atoms with Gasteiger partial charge in [0.25, 0.3) is 0 Å². The fourth-order valence-electron chi connectivity index (χ4n) is 2.40. The highest BCUT2D eigenvalue weighted by atomic mass is 16.5. The summed E-state index contributed by atoms with van der Waals surface area (Å²) in [6.45, 7) is 0. The van der Waals surface area contributed by atoms with Crippen molar-refractivity contribution in [2.75, 3.05) is 0 Å². The molecule has 0 saturated carbocycles. The second kappa shape index (κ2) is 4.62. The van der Waals surface area contributed by atoms with Gasteiger partial charge in [0, 0.05) is 0 Å². The van der Waals surface area contributed by atoms with Gasteiger partial charge in [-0.25, -0.2) is 0 Å². The van der Waals surface area contributed by atoms with Crippen LogP contribution < -0.4 is 4.74 Å². The van der Waals surface area contributed by atoms with Crippen LogP contribution in [0, 0.1) is 0 Å². The molecular formula is C16H16O. The summed E-state index contributed by atoms with van der Waals surface area (Å²) >= 11 is 0. The van der Waals surface area contributed by atoms with Crippen LogP contribution in [0.25, 0.3) is 0 Å². The van der Waals surface area contributed by atoms with Crippen molar-refractivity contribution in [3.05, 3.63) is 59.7 Å². The van der Waals surface area contributed by atoms with Gasteiger partial charge < -0.3 is 4.74 Å². The molecule has 2 aromatic carbocycles. The summed E-state index contributed by atoms with van der Waals surface area (Å²) in [7, 11) is 0. The highest BCUT2D eigenvalue weighted by molar-refractivity contribution is 5.39. The topological polar surface area (TPSA) is 9.23 Å². The fourth-order valence-corrected chi connectivity index (χ4v) is 2.40. The minimum Gasteiger partial charge on any atom is -0.457 e. The van der Waals surface area contributed by atoms with Gasteiger partial charge in [-0.1, -0.05) is 24.3 Å². The number of hydrogen-bond donors (Lipinski definition) is 0. The first-order valence-electron chi connectivity index (χ1n) is 6.26. The van der Waals surface area contributed by atoms with Crippen LogP contribution in [0.2, 0.25) is 0 Å². The highest BCUT2D eigenvalue weighted by Gasteiger charge is 2.09. The molecule has 86 valence electrons. The van der Waals surface area contributed by atoms with Gasteiger partial charge in [0.2, 0.25) is 0 Å². The minimum absolute atomic E-state index is 0.906. The van der Waals surface area contributed by atoms with Crippen molar-refractivity contribution in [3.63, 3.8) is 0 Å². The van der Waals surface area contributed by atoms with Crippen LogP contribution >= 0.6 is 0 Å². The molecule has 0 bridgehead atoms. The van der Waals surface area contributed by atoms with Crippen LogP contribution in [0.1, 0.15) is 24.0 Å². The summed E-state index contributed by atoms with van der Waals surface area (Å²) < 4.78 is 5.84. The lowest BCUT2D eigenvalue weighted by Gasteiger charge is -2.16. The van der Waals surface area contributed by atoms with Gasteiger partial charge in [-0.2, -0.15) is 0 Å². The Bertz CT molecular complexity index is 502. The van der Waals surface area contributed by atoms with Crippen molar-refractivity contribution in [1.82, 2.24) is 0 Å². The lowest BCUT2D eigenvalue weighted by molar-refractivity contribution is 0.481. The average Bonchev–Trinajstić information content (AvgIpc) is 2.40. The molecule has 0 spiro atoms. The normalized spacial score (nSPS) is 14.1. The highest BCUT2D eigenvalue weighted by Crippen LogP contribution is 2.28. The van der Waals surface area contributed by atoms with E-state index in [0.29, 0.717) is 0 Å². The van der Waals surface area contributed by atoms with Gasteiger partial charge >= 0.3 is 0 Å². The molecule has 2 aromatic rings. The molecule has 0 aliphatic heterocycles. The van der Waals surface area contributed by atoms with E-state index >= 15 is 0 Å². The van der Waals surface area contributed by atoms with Crippen LogP contribution in [0.15, 0.2) is 48.5 Å². The Morgan fingerprint density at radius 3 is 2.29 bits per heavy atom. The molecule has 3 rings (SSSR count). The van der Waals surface area contributed by atoms with Crippen LogP contribution in [-0.4, -0.2) is 0 Å². The van der Waals surface area contributed by atoms with Gasteiger partial charge in [0.15, 0.2) is 0 Å². The van der Waals surface area contributed by atoms with Crippen LogP contribution in [0.4, 0.5) is 0 Å². The first kappa shape index (κ1) is 10.4. The first-order valence-corrected chi connectivity index (χ1v) is 6.26. The molecule has 0 saturated heterocycles. The van der Waals surface area contributed by atoms with Gasteiger partial charge in [0.1, 0.15) is 11.5 Å². The lowest BCUT2D eigenvalue weighted by Crippen LogP contribution is -2.02. The first-order chi connectivity index (χ1) is 8.42. The number of benzene rings is 2. The summed E-state index contributed by atoms with van der Waals surface area (Å²) in [4.78, 5) is 0. The molecule has 0 radical (unpaired) electrons. The van der Waals surface area contributed by atoms with Gasteiger partial charge in [-0.15, -0.1) is 0 Å². The van der Waals surface area contributed by atoms with E-state index in [2.05, 4.69) is 18.2 Å². The van der Waals surface area contributed by atoms with E-state index in [1.165, 1.54) is 36.8 Å². The molecule has 17 heavy (non-hydrogen) atoms. The summed E-state index contributed by atoms with van der Waals surface area (Å²) in [5, 5.41) is 0. The van der Waals surface area contributed by atoms with Crippen molar-refractivity contribution >= 4 is 0 Å². The molecule has 1 heteroatoms. The van der Waals surface area contributed by atoms with Crippen molar-refractivity contribution in [1.29, 1.82) is 0 Å². The lowest BCUT2D eigenvalue weighted by atomic mass is 9.92. The standard InChI is InChI=1S/C16H16O/c1-2-8-15(9-3-1)17-16-11-10-13-6-4-5-7-14(13)12-16/h1-3,8-12H,4-7H2. The third kappa shape index (κ3) is 2.33. The third-order valence-corrected chi connectivity index (χ3v) is 3.30. The molecular weight excluding hydrogens is 208 g/mol. The smallest absolute Gasteiger partial charge is 0.127 e. The second-order valence-electron chi connectivity index (χ2n) is 4.55. The maximum Gasteiger partial charge on any atom is 0.127 e. The zero-order chi connectivity index (χ0) is 11.5. The summed E-state index contributed by atoms with van der Waals surface area (Å²) in [6.07, 6.45) is 5.05. The van der Waals surface area contributed by atoms with Crippen LogP contribution in [-0.2, 0) is 12.8 Å². The Labute approximate surface area is 102 Å². The fraction of sp³-hybridized carbons (Fsp3) is 0.250. The summed E-state index contributed by atoms with van der Waals surface area (Å²) in [6, 6.07) is 16.4. The molecule has 0 aromatic heterocycles. The van der Waals surface area contributed by atoms with Gasteiger partial charge in [-0.05, 0) is 61.1 Å². The molecule has 0 unspecified atom stereocenters. The van der Waals surface area contributed by atoms with E-state index in [9.17, 15) is 0 Å². The maximum atomic E-state index is 5.84. The predicted octanol–water partition coefficient (Wildman–Crippen LogP) is 4.36. The second-order valence-corrected chi connectivity index (χ2v) is 4.55. The van der Waals surface area contributed by atoms with Crippen molar-refractivity contribution in [2.45, 2.75) is 25.7 Å². The minimum atomic E-state index is 0.906. The molecule has 1 aliphatic rings. The van der Waals surface area contributed by atoms with Crippen LogP contribution in [0.5, 0.6) is 11.5 Å². The van der Waals surface area contributed by atoms with Crippen molar-refractivity contribution < 1.29 is 4.74 Å². The number of fused-ring (bicyclic) bond motifs is 1. The molecule has 1 aliphatic carbocycles. The van der Waals surface area contributed by atoms with E-state index in [4.69, 9.17) is 4.74 Å². The van der Waals surface area contributed by atoms with E-state index < -0.39 is 0 Å². The van der Waals surface area contributed by atoms with Crippen LogP contribution in [0.3, 0.4) is 0 Å². The Morgan fingerprint density at radius 2 is 1.47 bits per heavy atom. The molecule has 0 heterocycles. The van der Waals surface area contributed by atoms with Crippen molar-refractivity contribution in [3.8, 4) is 11.5 Å². The monoisotopic (exact) mass is 224 g/mol. The summed E-state index contributed by atoms with van der Waals surface area (Å²) in [5.41, 5.74) is 2.96. The number of aryl methyl sites for hydroxylation is 2. The Kier molecular flexibility index (Phi) is 2.83. The zero-order valence-corrected chi connectivity index (χ0v) is 9.86. The number of para-hydroxylation sites is 1. The Hall–Kier alpha value is -1.76. The molecule has 0 N–H and O–H groups in total. The molecule has 0 amide bonds. The maximum absolute atomic E-state index is 5.84. The predicted molar refractivity (Wildman–Crippen MR) is 69.6 cm³/mol.